The molecule has 0 N–H and O–H groups in total. The summed E-state index contributed by atoms with van der Waals surface area (Å²) >= 11 is 0. The highest BCUT2D eigenvalue weighted by Gasteiger charge is 2.34. The van der Waals surface area contributed by atoms with Crippen molar-refractivity contribution in [1.82, 2.24) is 4.98 Å². The molecule has 2 atom stereocenters. The van der Waals surface area contributed by atoms with Crippen LogP contribution in [0.4, 0.5) is 0 Å². The van der Waals surface area contributed by atoms with E-state index in [1.807, 2.05) is 6.20 Å². The summed E-state index contributed by atoms with van der Waals surface area (Å²) in [6.07, 6.45) is 20.5. The lowest BCUT2D eigenvalue weighted by Crippen LogP contribution is -2.42. The van der Waals surface area contributed by atoms with Gasteiger partial charge in [-0.1, -0.05) is 84.5 Å². The van der Waals surface area contributed by atoms with E-state index in [2.05, 4.69) is 111 Å². The minimum atomic E-state index is 0.340. The molecule has 2 unspecified atom stereocenters. The van der Waals surface area contributed by atoms with Crippen molar-refractivity contribution >= 4 is 27.9 Å². The van der Waals surface area contributed by atoms with Gasteiger partial charge in [0.2, 0.25) is 0 Å². The molecule has 4 aliphatic carbocycles. The Kier molecular flexibility index (Phi) is 5.73. The molecule has 0 radical (unpaired) electrons. The second-order valence-electron chi connectivity index (χ2n) is 11.1. The van der Waals surface area contributed by atoms with Crippen molar-refractivity contribution in [3.05, 3.63) is 141 Å². The van der Waals surface area contributed by atoms with Gasteiger partial charge in [0, 0.05) is 18.0 Å². The van der Waals surface area contributed by atoms with E-state index in [0.29, 0.717) is 11.8 Å². The smallest absolute Gasteiger partial charge is 0.0701 e. The molecule has 0 aliphatic heterocycles. The van der Waals surface area contributed by atoms with Crippen molar-refractivity contribution in [3.63, 3.8) is 0 Å². The van der Waals surface area contributed by atoms with Crippen LogP contribution in [0.25, 0.3) is 27.9 Å². The summed E-state index contributed by atoms with van der Waals surface area (Å²) in [6.45, 7) is 4.45. The number of fused-ring (bicyclic) bond motifs is 3. The fraction of sp³-hybridized carbons (Fsp3) is 0.216. The highest BCUT2D eigenvalue weighted by atomic mass is 14.7. The first kappa shape index (κ1) is 23.2. The van der Waals surface area contributed by atoms with Crippen molar-refractivity contribution in [2.75, 3.05) is 0 Å². The van der Waals surface area contributed by atoms with Gasteiger partial charge >= 0.3 is 0 Å². The Bertz CT molecular complexity index is 1840. The van der Waals surface area contributed by atoms with Gasteiger partial charge in [-0.3, -0.25) is 4.98 Å². The number of nitrogens with zero attached hydrogens (tertiary/aromatic N) is 1. The zero-order chi connectivity index (χ0) is 25.6. The van der Waals surface area contributed by atoms with E-state index in [1.54, 1.807) is 0 Å². The first-order chi connectivity index (χ1) is 18.7. The first-order valence-electron chi connectivity index (χ1n) is 14.0. The van der Waals surface area contributed by atoms with Gasteiger partial charge < -0.3 is 0 Å². The summed E-state index contributed by atoms with van der Waals surface area (Å²) in [6, 6.07) is 22.5. The van der Waals surface area contributed by atoms with Gasteiger partial charge in [-0.25, -0.2) is 0 Å². The average Bonchev–Trinajstić information content (AvgIpc) is 2.97. The van der Waals surface area contributed by atoms with Crippen LogP contribution in [0.3, 0.4) is 0 Å². The number of benzene rings is 2. The van der Waals surface area contributed by atoms with Crippen LogP contribution in [0.5, 0.6) is 0 Å². The van der Waals surface area contributed by atoms with Gasteiger partial charge in [0.05, 0.1) is 5.69 Å². The molecule has 0 fully saturated rings. The zero-order valence-electron chi connectivity index (χ0n) is 22.2. The Balaban J connectivity index is 1.53. The monoisotopic (exact) mass is 491 g/mol. The molecule has 1 heteroatoms. The van der Waals surface area contributed by atoms with Gasteiger partial charge in [-0.2, -0.15) is 0 Å². The van der Waals surface area contributed by atoms with Gasteiger partial charge in [0.25, 0.3) is 0 Å². The Morgan fingerprint density at radius 1 is 0.711 bits per heavy atom. The molecular weight excluding hydrogens is 458 g/mol. The highest BCUT2D eigenvalue weighted by Crippen LogP contribution is 2.44. The number of aromatic nitrogens is 1. The largest absolute Gasteiger partial charge is 0.256 e. The Hall–Kier alpha value is -3.97. The van der Waals surface area contributed by atoms with Crippen LogP contribution in [0.1, 0.15) is 43.9 Å². The number of pyridine rings is 1. The molecule has 7 rings (SSSR count). The number of hydrogen-bond acceptors (Lipinski definition) is 1. The molecule has 186 valence electrons. The Labute approximate surface area is 225 Å². The van der Waals surface area contributed by atoms with E-state index >= 15 is 0 Å². The lowest BCUT2D eigenvalue weighted by Gasteiger charge is -2.36. The third kappa shape index (κ3) is 3.80. The molecule has 1 heterocycles. The van der Waals surface area contributed by atoms with Crippen LogP contribution in [0.2, 0.25) is 0 Å². The van der Waals surface area contributed by atoms with Crippen LogP contribution in [0.15, 0.2) is 109 Å². The van der Waals surface area contributed by atoms with Gasteiger partial charge in [0.1, 0.15) is 0 Å². The summed E-state index contributed by atoms with van der Waals surface area (Å²) in [5.41, 5.74) is 11.1. The summed E-state index contributed by atoms with van der Waals surface area (Å²) in [4.78, 5) is 4.71. The normalized spacial score (nSPS) is 21.9. The maximum atomic E-state index is 4.71. The van der Waals surface area contributed by atoms with E-state index < -0.39 is 0 Å². The standard InChI is InChI=1S/C37H33N/c1-24-20-21-38-35(22-24)26-10-9-11-27(23-26)36-30-14-5-7-16-32(30)37(33-17-8-6-15-31(33)36)34-19-18-25(2)28-12-3-4-13-29(28)34/h3-8,10,12-17,20-23,30,32H,9,11,18-19H2,1-2H3. The summed E-state index contributed by atoms with van der Waals surface area (Å²) in [5, 5.41) is 5.68. The zero-order valence-corrected chi connectivity index (χ0v) is 22.2. The molecule has 0 saturated heterocycles. The van der Waals surface area contributed by atoms with Crippen LogP contribution in [-0.2, 0) is 0 Å². The van der Waals surface area contributed by atoms with Gasteiger partial charge in [-0.05, 0) is 112 Å². The number of allylic oxidation sites excluding steroid dienone is 8. The molecule has 38 heavy (non-hydrogen) atoms. The van der Waals surface area contributed by atoms with Crippen LogP contribution in [0, 0.1) is 18.8 Å². The van der Waals surface area contributed by atoms with E-state index in [4.69, 9.17) is 4.98 Å². The lowest BCUT2D eigenvalue weighted by atomic mass is 9.67. The molecule has 0 amide bonds. The fourth-order valence-corrected chi connectivity index (χ4v) is 6.99. The molecular formula is C37H33N. The topological polar surface area (TPSA) is 12.9 Å². The molecule has 4 aliphatic rings. The average molecular weight is 492 g/mol. The van der Waals surface area contributed by atoms with E-state index in [1.165, 1.54) is 59.9 Å². The lowest BCUT2D eigenvalue weighted by molar-refractivity contribution is 0.681. The molecule has 0 bridgehead atoms. The number of rotatable bonds is 3. The maximum absolute atomic E-state index is 4.71. The van der Waals surface area contributed by atoms with Crippen LogP contribution < -0.4 is 20.9 Å². The summed E-state index contributed by atoms with van der Waals surface area (Å²) < 4.78 is 0. The van der Waals surface area contributed by atoms with Crippen molar-refractivity contribution < 1.29 is 0 Å². The highest BCUT2D eigenvalue weighted by molar-refractivity contribution is 5.95. The third-order valence-corrected chi connectivity index (χ3v) is 8.76. The second kappa shape index (κ2) is 9.40. The first-order valence-corrected chi connectivity index (χ1v) is 14.0. The van der Waals surface area contributed by atoms with Crippen LogP contribution in [-0.4, -0.2) is 4.98 Å². The number of aryl methyl sites for hydroxylation is 1. The SMILES string of the molecule is CC1=c2ccccc2=C(C2=c3ccccc3=C(C3=CC(c4cc(C)ccn4)=CCC3)C3C=CC=CC23)CC1. The quantitative estimate of drug-likeness (QED) is 0.459. The van der Waals surface area contributed by atoms with Crippen LogP contribution >= 0.6 is 0 Å². The molecule has 1 aromatic heterocycles. The fourth-order valence-electron chi connectivity index (χ4n) is 6.99. The predicted molar refractivity (Wildman–Crippen MR) is 159 cm³/mol. The minimum absolute atomic E-state index is 0.340. The second-order valence-corrected chi connectivity index (χ2v) is 11.1. The van der Waals surface area contributed by atoms with Gasteiger partial charge in [0.15, 0.2) is 0 Å². The molecule has 0 spiro atoms. The van der Waals surface area contributed by atoms with E-state index in [-0.39, 0.29) is 0 Å². The molecule has 1 nitrogen and oxygen atoms in total. The summed E-state index contributed by atoms with van der Waals surface area (Å²) in [7, 11) is 0. The van der Waals surface area contributed by atoms with E-state index in [0.717, 1.165) is 31.4 Å². The summed E-state index contributed by atoms with van der Waals surface area (Å²) in [5.74, 6) is 0.686. The Morgan fingerprint density at radius 3 is 2.16 bits per heavy atom. The third-order valence-electron chi connectivity index (χ3n) is 8.76. The molecule has 3 aromatic rings. The van der Waals surface area contributed by atoms with E-state index in [9.17, 15) is 0 Å². The molecule has 2 aromatic carbocycles. The molecule has 0 saturated carbocycles. The van der Waals surface area contributed by atoms with Crippen molar-refractivity contribution in [2.45, 2.75) is 39.5 Å². The number of hydrogen-bond donors (Lipinski definition) is 0. The van der Waals surface area contributed by atoms with Gasteiger partial charge in [-0.15, -0.1) is 0 Å². The van der Waals surface area contributed by atoms with Crippen molar-refractivity contribution in [2.24, 2.45) is 11.8 Å². The van der Waals surface area contributed by atoms with Crippen molar-refractivity contribution in [1.29, 1.82) is 0 Å². The maximum Gasteiger partial charge on any atom is 0.0701 e. The Morgan fingerprint density at radius 2 is 1.39 bits per heavy atom. The predicted octanol–water partition coefficient (Wildman–Crippen LogP) is 5.68. The minimum Gasteiger partial charge on any atom is -0.256 e. The van der Waals surface area contributed by atoms with Crippen molar-refractivity contribution in [3.8, 4) is 0 Å².